The van der Waals surface area contributed by atoms with Crippen LogP contribution in [-0.2, 0) is 9.53 Å². The van der Waals surface area contributed by atoms with Gasteiger partial charge in [0.15, 0.2) is 6.61 Å². The third-order valence-corrected chi connectivity index (χ3v) is 5.71. The summed E-state index contributed by atoms with van der Waals surface area (Å²) >= 11 is 3.52. The van der Waals surface area contributed by atoms with E-state index >= 15 is 0 Å². The van der Waals surface area contributed by atoms with Crippen molar-refractivity contribution in [3.05, 3.63) is 82.8 Å². The van der Waals surface area contributed by atoms with Crippen molar-refractivity contribution >= 4 is 33.4 Å². The predicted octanol–water partition coefficient (Wildman–Crippen LogP) is 4.61. The van der Waals surface area contributed by atoms with E-state index in [2.05, 4.69) is 21.2 Å². The molecule has 1 heterocycles. The van der Waals surface area contributed by atoms with Crippen molar-refractivity contribution in [1.29, 1.82) is 0 Å². The number of morpholine rings is 1. The summed E-state index contributed by atoms with van der Waals surface area (Å²) in [5, 5.41) is 2.79. The Morgan fingerprint density at radius 2 is 1.72 bits per heavy atom. The van der Waals surface area contributed by atoms with Crippen molar-refractivity contribution in [2.24, 2.45) is 0 Å². The molecule has 0 aromatic heterocycles. The zero-order valence-electron chi connectivity index (χ0n) is 17.4. The quantitative estimate of drug-likeness (QED) is 0.543. The topological polar surface area (TPSA) is 67.9 Å². The van der Waals surface area contributed by atoms with Crippen LogP contribution < -0.4 is 10.1 Å². The summed E-state index contributed by atoms with van der Waals surface area (Å²) in [7, 11) is 0. The molecule has 4 rings (SSSR count). The Labute approximate surface area is 195 Å². The van der Waals surface area contributed by atoms with Crippen LogP contribution in [0.5, 0.6) is 5.75 Å². The number of carbonyl (C=O) groups is 2. The molecule has 0 unspecified atom stereocenters. The molecule has 0 saturated carbocycles. The molecule has 1 aliphatic heterocycles. The van der Waals surface area contributed by atoms with Gasteiger partial charge < -0.3 is 19.7 Å². The Morgan fingerprint density at radius 1 is 0.938 bits per heavy atom. The highest BCUT2D eigenvalue weighted by molar-refractivity contribution is 9.10. The molecule has 0 bridgehead atoms. The number of anilines is 1. The van der Waals surface area contributed by atoms with Crippen molar-refractivity contribution in [3.8, 4) is 16.9 Å². The summed E-state index contributed by atoms with van der Waals surface area (Å²) in [6.07, 6.45) is 0. The van der Waals surface area contributed by atoms with Gasteiger partial charge in [0.2, 0.25) is 0 Å². The molecule has 1 fully saturated rings. The first-order chi connectivity index (χ1) is 15.6. The Bertz CT molecular complexity index is 1100. The third kappa shape index (κ3) is 5.55. The summed E-state index contributed by atoms with van der Waals surface area (Å²) in [6, 6.07) is 22.7. The molecule has 1 N–H and O–H groups in total. The van der Waals surface area contributed by atoms with Crippen LogP contribution in [0.3, 0.4) is 0 Å². The van der Waals surface area contributed by atoms with Crippen molar-refractivity contribution in [1.82, 2.24) is 4.90 Å². The van der Waals surface area contributed by atoms with Crippen LogP contribution >= 0.6 is 15.9 Å². The first-order valence-corrected chi connectivity index (χ1v) is 11.1. The Morgan fingerprint density at radius 3 is 2.47 bits per heavy atom. The lowest BCUT2D eigenvalue weighted by Crippen LogP contribution is -2.40. The van der Waals surface area contributed by atoms with Gasteiger partial charge in [-0.15, -0.1) is 0 Å². The van der Waals surface area contributed by atoms with Gasteiger partial charge in [0.1, 0.15) is 5.75 Å². The Balaban J connectivity index is 1.35. The zero-order valence-corrected chi connectivity index (χ0v) is 19.0. The molecule has 32 heavy (non-hydrogen) atoms. The molecule has 2 amide bonds. The van der Waals surface area contributed by atoms with Crippen molar-refractivity contribution in [2.75, 3.05) is 38.2 Å². The number of nitrogens with one attached hydrogen (secondary N) is 1. The van der Waals surface area contributed by atoms with Crippen LogP contribution in [0.4, 0.5) is 5.69 Å². The molecule has 3 aromatic carbocycles. The number of rotatable bonds is 6. The van der Waals surface area contributed by atoms with E-state index < -0.39 is 0 Å². The largest absolute Gasteiger partial charge is 0.483 e. The summed E-state index contributed by atoms with van der Waals surface area (Å²) in [4.78, 5) is 26.8. The second-order valence-corrected chi connectivity index (χ2v) is 8.19. The van der Waals surface area contributed by atoms with Gasteiger partial charge in [-0.2, -0.15) is 0 Å². The minimum absolute atomic E-state index is 0.0666. The molecule has 1 aliphatic rings. The molecule has 3 aromatic rings. The standard InChI is InChI=1S/C25H23BrN2O4/c26-22-16-19(18-5-2-1-3-6-18)9-10-23(22)32-17-24(29)27-21-8-4-7-20(15-21)25(30)28-11-13-31-14-12-28/h1-10,15-16H,11-14,17H2,(H,27,29). The highest BCUT2D eigenvalue weighted by Gasteiger charge is 2.19. The first kappa shape index (κ1) is 22.0. The van der Waals surface area contributed by atoms with E-state index in [1.807, 2.05) is 48.5 Å². The first-order valence-electron chi connectivity index (χ1n) is 10.3. The molecular formula is C25H23BrN2O4. The monoisotopic (exact) mass is 494 g/mol. The molecule has 0 atom stereocenters. The predicted molar refractivity (Wildman–Crippen MR) is 127 cm³/mol. The fraction of sp³-hybridized carbons (Fsp3) is 0.200. The van der Waals surface area contributed by atoms with E-state index in [-0.39, 0.29) is 18.4 Å². The van der Waals surface area contributed by atoms with Crippen molar-refractivity contribution < 1.29 is 19.1 Å². The third-order valence-electron chi connectivity index (χ3n) is 5.09. The summed E-state index contributed by atoms with van der Waals surface area (Å²) in [5.74, 6) is 0.208. The van der Waals surface area contributed by atoms with E-state index in [4.69, 9.17) is 9.47 Å². The number of benzene rings is 3. The number of hydrogen-bond donors (Lipinski definition) is 1. The fourth-order valence-corrected chi connectivity index (χ4v) is 3.94. The van der Waals surface area contributed by atoms with Gasteiger partial charge in [-0.25, -0.2) is 0 Å². The number of hydrogen-bond acceptors (Lipinski definition) is 4. The van der Waals surface area contributed by atoms with Gasteiger partial charge in [0.25, 0.3) is 11.8 Å². The van der Waals surface area contributed by atoms with Crippen LogP contribution in [-0.4, -0.2) is 49.6 Å². The molecule has 0 aliphatic carbocycles. The number of nitrogens with zero attached hydrogens (tertiary/aromatic N) is 1. The minimum Gasteiger partial charge on any atom is -0.483 e. The maximum absolute atomic E-state index is 12.6. The molecule has 6 nitrogen and oxygen atoms in total. The van der Waals surface area contributed by atoms with E-state index in [9.17, 15) is 9.59 Å². The minimum atomic E-state index is -0.306. The normalized spacial score (nSPS) is 13.5. The molecule has 0 spiro atoms. The Hall–Kier alpha value is -3.16. The smallest absolute Gasteiger partial charge is 0.262 e. The lowest BCUT2D eigenvalue weighted by Gasteiger charge is -2.27. The van der Waals surface area contributed by atoms with Gasteiger partial charge in [0.05, 0.1) is 17.7 Å². The summed E-state index contributed by atoms with van der Waals surface area (Å²) in [5.41, 5.74) is 3.24. The molecular weight excluding hydrogens is 472 g/mol. The van der Waals surface area contributed by atoms with E-state index in [1.54, 1.807) is 29.2 Å². The molecule has 7 heteroatoms. The van der Waals surface area contributed by atoms with Gasteiger partial charge >= 0.3 is 0 Å². The maximum atomic E-state index is 12.6. The van der Waals surface area contributed by atoms with Crippen LogP contribution in [0, 0.1) is 0 Å². The van der Waals surface area contributed by atoms with Gasteiger partial charge in [-0.1, -0.05) is 42.5 Å². The molecule has 1 saturated heterocycles. The van der Waals surface area contributed by atoms with Crippen molar-refractivity contribution in [3.63, 3.8) is 0 Å². The highest BCUT2D eigenvalue weighted by Crippen LogP contribution is 2.30. The van der Waals surface area contributed by atoms with E-state index in [0.29, 0.717) is 43.3 Å². The second kappa shape index (κ2) is 10.4. The fourth-order valence-electron chi connectivity index (χ4n) is 3.45. The number of amides is 2. The van der Waals surface area contributed by atoms with Gasteiger partial charge in [-0.05, 0) is 57.4 Å². The van der Waals surface area contributed by atoms with Crippen LogP contribution in [0.15, 0.2) is 77.3 Å². The van der Waals surface area contributed by atoms with Gasteiger partial charge in [0, 0.05) is 24.3 Å². The number of halogens is 1. The van der Waals surface area contributed by atoms with Crippen LogP contribution in [0.25, 0.3) is 11.1 Å². The lowest BCUT2D eigenvalue weighted by atomic mass is 10.1. The summed E-state index contributed by atoms with van der Waals surface area (Å²) < 4.78 is 11.7. The second-order valence-electron chi connectivity index (χ2n) is 7.33. The van der Waals surface area contributed by atoms with E-state index in [1.165, 1.54) is 0 Å². The lowest BCUT2D eigenvalue weighted by molar-refractivity contribution is -0.118. The SMILES string of the molecule is O=C(COc1ccc(-c2ccccc2)cc1Br)Nc1cccc(C(=O)N2CCOCC2)c1. The molecule has 164 valence electrons. The van der Waals surface area contributed by atoms with Crippen LogP contribution in [0.1, 0.15) is 10.4 Å². The van der Waals surface area contributed by atoms with E-state index in [0.717, 1.165) is 15.6 Å². The van der Waals surface area contributed by atoms with Crippen molar-refractivity contribution in [2.45, 2.75) is 0 Å². The number of ether oxygens (including phenoxy) is 2. The van der Waals surface area contributed by atoms with Crippen LogP contribution in [0.2, 0.25) is 0 Å². The Kier molecular flexibility index (Phi) is 7.19. The highest BCUT2D eigenvalue weighted by atomic mass is 79.9. The average Bonchev–Trinajstić information content (AvgIpc) is 2.84. The summed E-state index contributed by atoms with van der Waals surface area (Å²) in [6.45, 7) is 2.08. The maximum Gasteiger partial charge on any atom is 0.262 e. The number of carbonyl (C=O) groups excluding carboxylic acids is 2. The average molecular weight is 495 g/mol. The van der Waals surface area contributed by atoms with Gasteiger partial charge in [-0.3, -0.25) is 9.59 Å². The molecule has 0 radical (unpaired) electrons. The zero-order chi connectivity index (χ0) is 22.3.